The van der Waals surface area contributed by atoms with Gasteiger partial charge >= 0.3 is 5.63 Å². The van der Waals surface area contributed by atoms with Crippen LogP contribution in [0.3, 0.4) is 0 Å². The molecule has 1 aliphatic heterocycles. The zero-order chi connectivity index (χ0) is 23.2. The smallest absolute Gasteiger partial charge is 0.347 e. The van der Waals surface area contributed by atoms with Gasteiger partial charge in [-0.25, -0.2) is 4.79 Å². The Labute approximate surface area is 192 Å². The normalized spacial score (nSPS) is 14.1. The number of nitrogens with zero attached hydrogens (tertiary/aromatic N) is 1. The number of ether oxygens (including phenoxy) is 3. The molecule has 1 aromatic heterocycles. The van der Waals surface area contributed by atoms with Crippen LogP contribution in [0.5, 0.6) is 17.2 Å². The van der Waals surface area contributed by atoms with Crippen LogP contribution >= 0.6 is 0 Å². The topological polar surface area (TPSA) is 78.2 Å². The van der Waals surface area contributed by atoms with Gasteiger partial charge in [-0.15, -0.1) is 0 Å². The molecule has 7 heteroatoms. The van der Waals surface area contributed by atoms with Crippen molar-refractivity contribution in [3.05, 3.63) is 70.1 Å². The monoisotopic (exact) mass is 449 g/mol. The van der Waals surface area contributed by atoms with E-state index in [0.29, 0.717) is 40.4 Å². The second-order valence-electron chi connectivity index (χ2n) is 7.83. The van der Waals surface area contributed by atoms with Crippen LogP contribution < -0.4 is 19.8 Å². The molecule has 1 aliphatic rings. The number of fused-ring (bicyclic) bond motifs is 1. The highest BCUT2D eigenvalue weighted by molar-refractivity contribution is 6.07. The SMILES string of the molecule is COc1cc(/C=C/C(=O)c2cc3ccccc3oc2=O)cc(OC)c1OCCN1CCCC1. The summed E-state index contributed by atoms with van der Waals surface area (Å²) >= 11 is 0. The lowest BCUT2D eigenvalue weighted by Gasteiger charge is -2.18. The van der Waals surface area contributed by atoms with Crippen molar-refractivity contribution in [3.8, 4) is 17.2 Å². The molecule has 172 valence electrons. The zero-order valence-corrected chi connectivity index (χ0v) is 18.8. The Balaban J connectivity index is 1.53. The van der Waals surface area contributed by atoms with Gasteiger partial charge in [0.1, 0.15) is 17.8 Å². The molecule has 2 aromatic carbocycles. The number of hydrogen-bond acceptors (Lipinski definition) is 7. The van der Waals surface area contributed by atoms with Crippen molar-refractivity contribution in [2.75, 3.05) is 40.5 Å². The third-order valence-electron chi connectivity index (χ3n) is 5.67. The standard InChI is InChI=1S/C26H27NO6/c1-30-23-15-18(16-24(31-2)25(23)32-14-13-27-11-5-6-12-27)9-10-21(28)20-17-19-7-3-4-8-22(19)33-26(20)29/h3-4,7-10,15-17H,5-6,11-14H2,1-2H3/b10-9+. The van der Waals surface area contributed by atoms with Gasteiger partial charge in [-0.1, -0.05) is 24.3 Å². The van der Waals surface area contributed by atoms with Crippen molar-refractivity contribution >= 4 is 22.8 Å². The van der Waals surface area contributed by atoms with E-state index in [-0.39, 0.29) is 5.56 Å². The summed E-state index contributed by atoms with van der Waals surface area (Å²) in [5.41, 5.74) is 0.429. The lowest BCUT2D eigenvalue weighted by molar-refractivity contribution is 0.104. The van der Waals surface area contributed by atoms with E-state index in [9.17, 15) is 9.59 Å². The molecule has 1 saturated heterocycles. The predicted octanol–water partition coefficient (Wildman–Crippen LogP) is 4.18. The number of carbonyl (C=O) groups is 1. The molecule has 0 amide bonds. The molecule has 0 spiro atoms. The largest absolute Gasteiger partial charge is 0.493 e. The van der Waals surface area contributed by atoms with Crippen molar-refractivity contribution in [2.45, 2.75) is 12.8 Å². The maximum atomic E-state index is 12.7. The van der Waals surface area contributed by atoms with Gasteiger partial charge < -0.3 is 18.6 Å². The van der Waals surface area contributed by atoms with Crippen LogP contribution in [0.1, 0.15) is 28.8 Å². The van der Waals surface area contributed by atoms with E-state index >= 15 is 0 Å². The van der Waals surface area contributed by atoms with Gasteiger partial charge in [0, 0.05) is 11.9 Å². The zero-order valence-electron chi connectivity index (χ0n) is 18.8. The number of hydrogen-bond donors (Lipinski definition) is 0. The average molecular weight is 450 g/mol. The average Bonchev–Trinajstić information content (AvgIpc) is 3.35. The summed E-state index contributed by atoms with van der Waals surface area (Å²) in [7, 11) is 3.11. The third kappa shape index (κ3) is 5.26. The number of carbonyl (C=O) groups excluding carboxylic acids is 1. The van der Waals surface area contributed by atoms with Crippen LogP contribution in [0.2, 0.25) is 0 Å². The molecule has 4 rings (SSSR count). The summed E-state index contributed by atoms with van der Waals surface area (Å²) < 4.78 is 22.3. The van der Waals surface area contributed by atoms with E-state index in [1.165, 1.54) is 18.9 Å². The highest BCUT2D eigenvalue weighted by Crippen LogP contribution is 2.39. The molecule has 0 aliphatic carbocycles. The van der Waals surface area contributed by atoms with Gasteiger partial charge in [0.2, 0.25) is 5.75 Å². The number of allylic oxidation sites excluding steroid dienone is 1. The molecule has 0 N–H and O–H groups in total. The van der Waals surface area contributed by atoms with Gasteiger partial charge in [-0.2, -0.15) is 0 Å². The van der Waals surface area contributed by atoms with E-state index < -0.39 is 11.4 Å². The minimum Gasteiger partial charge on any atom is -0.493 e. The number of likely N-dealkylation sites (tertiary alicyclic amines) is 1. The number of methoxy groups -OCH3 is 2. The predicted molar refractivity (Wildman–Crippen MR) is 127 cm³/mol. The van der Waals surface area contributed by atoms with Crippen LogP contribution in [-0.2, 0) is 0 Å². The maximum Gasteiger partial charge on any atom is 0.347 e. The Morgan fingerprint density at radius 3 is 2.45 bits per heavy atom. The minimum atomic E-state index is -0.666. The first kappa shape index (κ1) is 22.6. The molecule has 33 heavy (non-hydrogen) atoms. The highest BCUT2D eigenvalue weighted by Gasteiger charge is 2.16. The van der Waals surface area contributed by atoms with E-state index in [1.54, 1.807) is 56.7 Å². The van der Waals surface area contributed by atoms with Crippen LogP contribution in [-0.4, -0.2) is 51.1 Å². The van der Waals surface area contributed by atoms with Gasteiger partial charge in [-0.3, -0.25) is 9.69 Å². The van der Waals surface area contributed by atoms with Gasteiger partial charge in [0.15, 0.2) is 17.3 Å². The molecule has 0 radical (unpaired) electrons. The molecule has 2 heterocycles. The summed E-state index contributed by atoms with van der Waals surface area (Å²) in [5, 5.41) is 0.688. The fourth-order valence-electron chi connectivity index (χ4n) is 3.92. The van der Waals surface area contributed by atoms with Crippen LogP contribution in [0.25, 0.3) is 17.0 Å². The fraction of sp³-hybridized carbons (Fsp3) is 0.308. The van der Waals surface area contributed by atoms with Crippen LogP contribution in [0.4, 0.5) is 0 Å². The van der Waals surface area contributed by atoms with Crippen LogP contribution in [0, 0.1) is 0 Å². The first-order valence-corrected chi connectivity index (χ1v) is 11.0. The molecule has 7 nitrogen and oxygen atoms in total. The van der Waals surface area contributed by atoms with Crippen LogP contribution in [0.15, 0.2) is 57.8 Å². The molecule has 0 unspecified atom stereocenters. The number of para-hydroxylation sites is 1. The number of ketones is 1. The molecule has 0 saturated carbocycles. The lowest BCUT2D eigenvalue weighted by Crippen LogP contribution is -2.25. The van der Waals surface area contributed by atoms with E-state index in [2.05, 4.69) is 4.90 Å². The Hall–Kier alpha value is -3.58. The molecular weight excluding hydrogens is 422 g/mol. The summed E-state index contributed by atoms with van der Waals surface area (Å²) in [6, 6.07) is 12.1. The molecule has 0 bridgehead atoms. The fourth-order valence-corrected chi connectivity index (χ4v) is 3.92. The Bertz CT molecular complexity index is 1200. The number of benzene rings is 2. The highest BCUT2D eigenvalue weighted by atomic mass is 16.5. The van der Waals surface area contributed by atoms with Crippen molar-refractivity contribution in [3.63, 3.8) is 0 Å². The first-order chi connectivity index (χ1) is 16.1. The summed E-state index contributed by atoms with van der Waals surface area (Å²) in [4.78, 5) is 27.3. The van der Waals surface area contributed by atoms with Crippen molar-refractivity contribution < 1.29 is 23.4 Å². The summed E-state index contributed by atoms with van der Waals surface area (Å²) in [5.74, 6) is 1.09. The molecular formula is C26H27NO6. The number of rotatable bonds is 9. The van der Waals surface area contributed by atoms with E-state index in [1.807, 2.05) is 6.07 Å². The third-order valence-corrected chi connectivity index (χ3v) is 5.67. The van der Waals surface area contributed by atoms with Crippen molar-refractivity contribution in [2.24, 2.45) is 0 Å². The minimum absolute atomic E-state index is 0.0225. The quantitative estimate of drug-likeness (QED) is 0.275. The summed E-state index contributed by atoms with van der Waals surface area (Å²) in [6.45, 7) is 3.57. The molecule has 1 fully saturated rings. The van der Waals surface area contributed by atoms with E-state index in [0.717, 1.165) is 19.6 Å². The van der Waals surface area contributed by atoms with Crippen molar-refractivity contribution in [1.29, 1.82) is 0 Å². The Kier molecular flexibility index (Phi) is 7.10. The second-order valence-corrected chi connectivity index (χ2v) is 7.83. The molecule has 3 aromatic rings. The first-order valence-electron chi connectivity index (χ1n) is 11.0. The summed E-state index contributed by atoms with van der Waals surface area (Å²) in [6.07, 6.45) is 5.40. The molecule has 0 atom stereocenters. The van der Waals surface area contributed by atoms with Gasteiger partial charge in [0.05, 0.1) is 14.2 Å². The Morgan fingerprint density at radius 1 is 1.06 bits per heavy atom. The van der Waals surface area contributed by atoms with E-state index in [4.69, 9.17) is 18.6 Å². The van der Waals surface area contributed by atoms with Gasteiger partial charge in [-0.05, 0) is 61.8 Å². The van der Waals surface area contributed by atoms with Crippen molar-refractivity contribution in [1.82, 2.24) is 4.90 Å². The Morgan fingerprint density at radius 2 is 1.76 bits per heavy atom. The van der Waals surface area contributed by atoms with Gasteiger partial charge in [0.25, 0.3) is 0 Å². The second kappa shape index (κ2) is 10.4. The maximum absolute atomic E-state index is 12.7. The lowest BCUT2D eigenvalue weighted by atomic mass is 10.1.